The molecule has 1 aromatic rings. The molecular formula is C27H37NO2. The Hall–Kier alpha value is -1.87. The van der Waals surface area contributed by atoms with Crippen molar-refractivity contribution in [2.45, 2.75) is 77.2 Å². The molecule has 3 nitrogen and oxygen atoms in total. The van der Waals surface area contributed by atoms with Crippen LogP contribution in [-0.2, 0) is 4.79 Å². The first-order chi connectivity index (χ1) is 14.5. The number of hydrogen-bond donors (Lipinski definition) is 2. The standard InChI is InChI=1S/C27H37NO2/c1-3-7-23(22-14-17-28-19(22)2)21-12-13-24(27(18-21)15-16-27)26(30)11-6-10-25(29)20-8-4-5-9-20/h3,6-7,11,14,17,20-21,24-25,28-29H,1,4-5,8-10,12-13,15-16,18H2,2H3/b11-6+,23-7-/t21?,24-,25?/m1/s1. The second-order valence-electron chi connectivity index (χ2n) is 9.92. The van der Waals surface area contributed by atoms with E-state index in [2.05, 4.69) is 30.6 Å². The summed E-state index contributed by atoms with van der Waals surface area (Å²) in [5.41, 5.74) is 4.06. The van der Waals surface area contributed by atoms with Crippen LogP contribution < -0.4 is 0 Å². The Morgan fingerprint density at radius 2 is 2.07 bits per heavy atom. The van der Waals surface area contributed by atoms with Gasteiger partial charge >= 0.3 is 0 Å². The lowest BCUT2D eigenvalue weighted by atomic mass is 9.67. The Morgan fingerprint density at radius 3 is 2.70 bits per heavy atom. The van der Waals surface area contributed by atoms with Gasteiger partial charge < -0.3 is 10.1 Å². The molecule has 3 atom stereocenters. The molecule has 3 aliphatic carbocycles. The van der Waals surface area contributed by atoms with Crippen molar-refractivity contribution in [1.82, 2.24) is 4.98 Å². The van der Waals surface area contributed by atoms with Gasteiger partial charge in [-0.25, -0.2) is 0 Å². The van der Waals surface area contributed by atoms with Gasteiger partial charge in [0.1, 0.15) is 0 Å². The Morgan fingerprint density at radius 1 is 1.30 bits per heavy atom. The molecule has 3 fully saturated rings. The molecule has 0 aromatic carbocycles. The van der Waals surface area contributed by atoms with E-state index in [0.29, 0.717) is 18.3 Å². The largest absolute Gasteiger partial charge is 0.393 e. The van der Waals surface area contributed by atoms with Gasteiger partial charge in [-0.15, -0.1) is 0 Å². The third-order valence-electron chi connectivity index (χ3n) is 8.04. The first-order valence-electron chi connectivity index (χ1n) is 11.9. The SMILES string of the molecule is C=C/C=C(\c1cc[nH]c1C)C1CC[C@H](C(=O)/C=C/CC(O)C2CCCC2)C2(CC2)C1. The van der Waals surface area contributed by atoms with E-state index >= 15 is 0 Å². The number of hydrogen-bond acceptors (Lipinski definition) is 2. The van der Waals surface area contributed by atoms with Gasteiger partial charge in [-0.2, -0.15) is 0 Å². The number of carbonyl (C=O) groups excluding carboxylic acids is 1. The zero-order valence-corrected chi connectivity index (χ0v) is 18.4. The highest BCUT2D eigenvalue weighted by Crippen LogP contribution is 2.62. The van der Waals surface area contributed by atoms with E-state index in [-0.39, 0.29) is 23.2 Å². The van der Waals surface area contributed by atoms with E-state index in [4.69, 9.17) is 0 Å². The maximum Gasteiger partial charge on any atom is 0.158 e. The van der Waals surface area contributed by atoms with Gasteiger partial charge in [0.25, 0.3) is 0 Å². The van der Waals surface area contributed by atoms with Gasteiger partial charge in [0.15, 0.2) is 5.78 Å². The molecular weight excluding hydrogens is 370 g/mol. The highest BCUT2D eigenvalue weighted by Gasteiger charge is 2.54. The van der Waals surface area contributed by atoms with Crippen molar-refractivity contribution in [3.8, 4) is 0 Å². The number of aliphatic hydroxyl groups excluding tert-OH is 1. The number of aliphatic hydroxyl groups is 1. The van der Waals surface area contributed by atoms with Crippen LogP contribution in [0.3, 0.4) is 0 Å². The van der Waals surface area contributed by atoms with Crippen LogP contribution in [0.2, 0.25) is 0 Å². The van der Waals surface area contributed by atoms with Crippen LogP contribution in [0.5, 0.6) is 0 Å². The third-order valence-corrected chi connectivity index (χ3v) is 8.04. The van der Waals surface area contributed by atoms with Crippen molar-refractivity contribution in [1.29, 1.82) is 0 Å². The maximum absolute atomic E-state index is 13.0. The quantitative estimate of drug-likeness (QED) is 0.401. The molecule has 2 unspecified atom stereocenters. The summed E-state index contributed by atoms with van der Waals surface area (Å²) in [5, 5.41) is 10.4. The lowest BCUT2D eigenvalue weighted by Crippen LogP contribution is -2.32. The summed E-state index contributed by atoms with van der Waals surface area (Å²) in [6, 6.07) is 2.17. The summed E-state index contributed by atoms with van der Waals surface area (Å²) in [6.45, 7) is 6.06. The van der Waals surface area contributed by atoms with Gasteiger partial charge in [0.05, 0.1) is 6.10 Å². The van der Waals surface area contributed by atoms with Crippen molar-refractivity contribution < 1.29 is 9.90 Å². The molecule has 3 heteroatoms. The van der Waals surface area contributed by atoms with E-state index in [1.54, 1.807) is 6.08 Å². The van der Waals surface area contributed by atoms with Gasteiger partial charge in [-0.05, 0) is 98.8 Å². The van der Waals surface area contributed by atoms with Gasteiger partial charge in [-0.3, -0.25) is 4.79 Å². The number of ketones is 1. The fraction of sp³-hybridized carbons (Fsp3) is 0.593. The molecule has 0 bridgehead atoms. The molecule has 1 spiro atoms. The fourth-order valence-corrected chi connectivity index (χ4v) is 6.14. The minimum Gasteiger partial charge on any atom is -0.393 e. The smallest absolute Gasteiger partial charge is 0.158 e. The van der Waals surface area contributed by atoms with Gasteiger partial charge in [0, 0.05) is 17.8 Å². The zero-order chi connectivity index (χ0) is 21.1. The number of H-pyrrole nitrogens is 1. The Kier molecular flexibility index (Phi) is 6.48. The highest BCUT2D eigenvalue weighted by atomic mass is 16.3. The number of aryl methyl sites for hydroxylation is 1. The fourth-order valence-electron chi connectivity index (χ4n) is 6.14. The van der Waals surface area contributed by atoms with Crippen LogP contribution in [0.25, 0.3) is 5.57 Å². The van der Waals surface area contributed by atoms with E-state index in [9.17, 15) is 9.90 Å². The van der Waals surface area contributed by atoms with Crippen LogP contribution in [0.15, 0.2) is 43.1 Å². The Bertz CT molecular complexity index is 820. The average molecular weight is 408 g/mol. The Balaban J connectivity index is 1.39. The first-order valence-corrected chi connectivity index (χ1v) is 11.9. The highest BCUT2D eigenvalue weighted by molar-refractivity contribution is 5.92. The molecule has 3 saturated carbocycles. The normalized spacial score (nSPS) is 27.6. The number of carbonyl (C=O) groups is 1. The molecule has 2 N–H and O–H groups in total. The molecule has 1 aromatic heterocycles. The third kappa shape index (κ3) is 4.42. The number of allylic oxidation sites excluding steroid dienone is 4. The molecule has 0 saturated heterocycles. The number of aromatic nitrogens is 1. The topological polar surface area (TPSA) is 53.1 Å². The number of aromatic amines is 1. The van der Waals surface area contributed by atoms with E-state index in [1.165, 1.54) is 42.5 Å². The molecule has 0 amide bonds. The van der Waals surface area contributed by atoms with Crippen molar-refractivity contribution in [3.63, 3.8) is 0 Å². The molecule has 30 heavy (non-hydrogen) atoms. The second kappa shape index (κ2) is 9.09. The van der Waals surface area contributed by atoms with Crippen LogP contribution in [0.4, 0.5) is 0 Å². The summed E-state index contributed by atoms with van der Waals surface area (Å²) < 4.78 is 0. The van der Waals surface area contributed by atoms with Crippen molar-refractivity contribution >= 4 is 11.4 Å². The van der Waals surface area contributed by atoms with Gasteiger partial charge in [0.2, 0.25) is 0 Å². The molecule has 4 rings (SSSR count). The summed E-state index contributed by atoms with van der Waals surface area (Å²) in [6.07, 6.45) is 20.4. The summed E-state index contributed by atoms with van der Waals surface area (Å²) >= 11 is 0. The molecule has 3 aliphatic rings. The number of rotatable bonds is 8. The molecule has 162 valence electrons. The summed E-state index contributed by atoms with van der Waals surface area (Å²) in [4.78, 5) is 16.3. The van der Waals surface area contributed by atoms with Crippen LogP contribution >= 0.6 is 0 Å². The van der Waals surface area contributed by atoms with Crippen LogP contribution in [0, 0.1) is 30.1 Å². The zero-order valence-electron chi connectivity index (χ0n) is 18.4. The van der Waals surface area contributed by atoms with Crippen LogP contribution in [-0.4, -0.2) is 22.0 Å². The minimum absolute atomic E-state index is 0.158. The predicted octanol–water partition coefficient (Wildman–Crippen LogP) is 6.16. The summed E-state index contributed by atoms with van der Waals surface area (Å²) in [7, 11) is 0. The van der Waals surface area contributed by atoms with E-state index in [0.717, 1.165) is 32.1 Å². The predicted molar refractivity (Wildman–Crippen MR) is 123 cm³/mol. The molecule has 0 aliphatic heterocycles. The lowest BCUT2D eigenvalue weighted by Gasteiger charge is -2.36. The van der Waals surface area contributed by atoms with E-state index in [1.807, 2.05) is 18.3 Å². The summed E-state index contributed by atoms with van der Waals surface area (Å²) in [5.74, 6) is 1.38. The minimum atomic E-state index is -0.279. The van der Waals surface area contributed by atoms with Gasteiger partial charge in [-0.1, -0.05) is 37.6 Å². The maximum atomic E-state index is 13.0. The van der Waals surface area contributed by atoms with Crippen molar-refractivity contribution in [2.24, 2.45) is 23.2 Å². The Labute approximate surface area is 181 Å². The molecule has 0 radical (unpaired) electrons. The number of nitrogens with one attached hydrogen (secondary N) is 1. The van der Waals surface area contributed by atoms with E-state index < -0.39 is 0 Å². The first kappa shape index (κ1) is 21.4. The van der Waals surface area contributed by atoms with Crippen molar-refractivity contribution in [2.75, 3.05) is 0 Å². The average Bonchev–Trinajstić information content (AvgIpc) is 3.12. The monoisotopic (exact) mass is 407 g/mol. The van der Waals surface area contributed by atoms with Crippen molar-refractivity contribution in [3.05, 3.63) is 54.4 Å². The molecule has 1 heterocycles. The second-order valence-corrected chi connectivity index (χ2v) is 9.92. The lowest BCUT2D eigenvalue weighted by molar-refractivity contribution is -0.121. The van der Waals surface area contributed by atoms with Crippen LogP contribution in [0.1, 0.15) is 75.5 Å².